The summed E-state index contributed by atoms with van der Waals surface area (Å²) in [5.74, 6) is 2.06. The topological polar surface area (TPSA) is 63.4 Å². The van der Waals surface area contributed by atoms with Gasteiger partial charge in [-0.1, -0.05) is 0 Å². The summed E-state index contributed by atoms with van der Waals surface area (Å²) in [5.41, 5.74) is 6.48. The molecular formula is C14H24N4O. The average molecular weight is 264 g/mol. The fraction of sp³-hybridized carbons (Fsp3) is 0.643. The summed E-state index contributed by atoms with van der Waals surface area (Å²) in [7, 11) is 4.12. The second-order valence-corrected chi connectivity index (χ2v) is 5.54. The Labute approximate surface area is 115 Å². The second-order valence-electron chi connectivity index (χ2n) is 5.54. The summed E-state index contributed by atoms with van der Waals surface area (Å²) in [6.45, 7) is 3.73. The molecule has 0 amide bonds. The fourth-order valence-electron chi connectivity index (χ4n) is 1.58. The lowest BCUT2D eigenvalue weighted by Crippen LogP contribution is -2.31. The van der Waals surface area contributed by atoms with Crippen molar-refractivity contribution in [3.63, 3.8) is 0 Å². The molecule has 1 aliphatic rings. The van der Waals surface area contributed by atoms with Crippen LogP contribution in [0.4, 0.5) is 11.5 Å². The SMILES string of the molecule is CC(CNc1ccc(N)c(OCC2CC2)n1)N(C)C. The quantitative estimate of drug-likeness (QED) is 0.786. The molecule has 5 nitrogen and oxygen atoms in total. The van der Waals surface area contributed by atoms with Gasteiger partial charge in [-0.25, -0.2) is 0 Å². The molecule has 1 saturated carbocycles. The van der Waals surface area contributed by atoms with Crippen molar-refractivity contribution in [3.05, 3.63) is 12.1 Å². The number of anilines is 2. The first kappa shape index (κ1) is 13.9. The first-order chi connectivity index (χ1) is 9.06. The molecule has 3 N–H and O–H groups in total. The molecule has 1 aromatic rings. The molecule has 0 aliphatic heterocycles. The highest BCUT2D eigenvalue weighted by Crippen LogP contribution is 2.30. The monoisotopic (exact) mass is 264 g/mol. The van der Waals surface area contributed by atoms with E-state index in [1.54, 1.807) is 0 Å². The zero-order chi connectivity index (χ0) is 13.8. The van der Waals surface area contributed by atoms with E-state index in [9.17, 15) is 0 Å². The first-order valence-electron chi connectivity index (χ1n) is 6.86. The second kappa shape index (κ2) is 6.10. The van der Waals surface area contributed by atoms with Crippen LogP contribution in [0.1, 0.15) is 19.8 Å². The van der Waals surface area contributed by atoms with Crippen LogP contribution in [0.15, 0.2) is 12.1 Å². The molecule has 1 aromatic heterocycles. The summed E-state index contributed by atoms with van der Waals surface area (Å²) in [5, 5.41) is 3.31. The normalized spacial score (nSPS) is 16.4. The van der Waals surface area contributed by atoms with Crippen LogP contribution in [-0.2, 0) is 0 Å². The minimum atomic E-state index is 0.440. The number of aromatic nitrogens is 1. The summed E-state index contributed by atoms with van der Waals surface area (Å²) in [6, 6.07) is 4.18. The van der Waals surface area contributed by atoms with Gasteiger partial charge in [0.2, 0.25) is 5.88 Å². The smallest absolute Gasteiger partial charge is 0.239 e. The third kappa shape index (κ3) is 4.28. The third-order valence-corrected chi connectivity index (χ3v) is 3.50. The number of hydrogen-bond acceptors (Lipinski definition) is 5. The number of nitrogen functional groups attached to an aromatic ring is 1. The Morgan fingerprint density at radius 1 is 1.47 bits per heavy atom. The van der Waals surface area contributed by atoms with E-state index >= 15 is 0 Å². The predicted molar refractivity (Wildman–Crippen MR) is 78.5 cm³/mol. The Morgan fingerprint density at radius 2 is 2.21 bits per heavy atom. The molecule has 1 fully saturated rings. The average Bonchev–Trinajstić information content (AvgIpc) is 3.19. The Balaban J connectivity index is 1.90. The number of nitrogens with one attached hydrogen (secondary N) is 1. The van der Waals surface area contributed by atoms with Crippen LogP contribution in [0.3, 0.4) is 0 Å². The van der Waals surface area contributed by atoms with Crippen molar-refractivity contribution in [3.8, 4) is 5.88 Å². The summed E-state index contributed by atoms with van der Waals surface area (Å²) in [4.78, 5) is 6.59. The van der Waals surface area contributed by atoms with Crippen LogP contribution in [0.25, 0.3) is 0 Å². The molecule has 0 spiro atoms. The number of ether oxygens (including phenoxy) is 1. The van der Waals surface area contributed by atoms with E-state index in [1.165, 1.54) is 12.8 Å². The van der Waals surface area contributed by atoms with E-state index < -0.39 is 0 Å². The molecule has 0 radical (unpaired) electrons. The maximum absolute atomic E-state index is 5.88. The molecule has 2 rings (SSSR count). The molecular weight excluding hydrogens is 240 g/mol. The molecule has 0 aromatic carbocycles. The Hall–Kier alpha value is -1.49. The molecule has 106 valence electrons. The number of likely N-dealkylation sites (N-methyl/N-ethyl adjacent to an activating group) is 1. The van der Waals surface area contributed by atoms with Gasteiger partial charge in [0, 0.05) is 12.6 Å². The van der Waals surface area contributed by atoms with Gasteiger partial charge in [-0.2, -0.15) is 4.98 Å². The molecule has 0 bridgehead atoms. The zero-order valence-corrected chi connectivity index (χ0v) is 12.0. The van der Waals surface area contributed by atoms with Gasteiger partial charge in [-0.3, -0.25) is 0 Å². The molecule has 1 aliphatic carbocycles. The van der Waals surface area contributed by atoms with Crippen molar-refractivity contribution in [1.82, 2.24) is 9.88 Å². The summed E-state index contributed by atoms with van der Waals surface area (Å²) < 4.78 is 5.67. The van der Waals surface area contributed by atoms with Gasteiger partial charge >= 0.3 is 0 Å². The largest absolute Gasteiger partial charge is 0.476 e. The van der Waals surface area contributed by atoms with Gasteiger partial charge in [0.1, 0.15) is 5.82 Å². The molecule has 1 unspecified atom stereocenters. The molecule has 1 heterocycles. The number of nitrogens with zero attached hydrogens (tertiary/aromatic N) is 2. The number of nitrogens with two attached hydrogens (primary N) is 1. The highest BCUT2D eigenvalue weighted by atomic mass is 16.5. The molecule has 5 heteroatoms. The van der Waals surface area contributed by atoms with Gasteiger partial charge < -0.3 is 20.7 Å². The lowest BCUT2D eigenvalue weighted by molar-refractivity contribution is 0.290. The van der Waals surface area contributed by atoms with Crippen molar-refractivity contribution in [1.29, 1.82) is 0 Å². The van der Waals surface area contributed by atoms with Crippen molar-refractivity contribution in [2.24, 2.45) is 5.92 Å². The van der Waals surface area contributed by atoms with Gasteiger partial charge in [-0.05, 0) is 51.9 Å². The molecule has 0 saturated heterocycles. The van der Waals surface area contributed by atoms with E-state index in [0.717, 1.165) is 19.0 Å². The lowest BCUT2D eigenvalue weighted by Gasteiger charge is -2.20. The van der Waals surface area contributed by atoms with Crippen LogP contribution in [0, 0.1) is 5.92 Å². The first-order valence-corrected chi connectivity index (χ1v) is 6.86. The van der Waals surface area contributed by atoms with E-state index in [-0.39, 0.29) is 0 Å². The zero-order valence-electron chi connectivity index (χ0n) is 12.0. The summed E-state index contributed by atoms with van der Waals surface area (Å²) in [6.07, 6.45) is 2.52. The van der Waals surface area contributed by atoms with E-state index in [1.807, 2.05) is 12.1 Å². The lowest BCUT2D eigenvalue weighted by atomic mass is 10.3. The fourth-order valence-corrected chi connectivity index (χ4v) is 1.58. The highest BCUT2D eigenvalue weighted by molar-refractivity contribution is 5.53. The van der Waals surface area contributed by atoms with Crippen LogP contribution in [0.2, 0.25) is 0 Å². The van der Waals surface area contributed by atoms with Crippen LogP contribution in [-0.4, -0.2) is 43.2 Å². The van der Waals surface area contributed by atoms with E-state index in [2.05, 4.69) is 36.2 Å². The summed E-state index contributed by atoms with van der Waals surface area (Å²) >= 11 is 0. The van der Waals surface area contributed by atoms with Gasteiger partial charge in [0.15, 0.2) is 0 Å². The van der Waals surface area contributed by atoms with E-state index in [4.69, 9.17) is 10.5 Å². The van der Waals surface area contributed by atoms with Crippen LogP contribution in [0.5, 0.6) is 5.88 Å². The number of pyridine rings is 1. The van der Waals surface area contributed by atoms with E-state index in [0.29, 0.717) is 23.5 Å². The van der Waals surface area contributed by atoms with Crippen molar-refractivity contribution >= 4 is 11.5 Å². The van der Waals surface area contributed by atoms with Gasteiger partial charge in [0.05, 0.1) is 12.3 Å². The molecule has 19 heavy (non-hydrogen) atoms. The van der Waals surface area contributed by atoms with Crippen molar-refractivity contribution < 1.29 is 4.74 Å². The Morgan fingerprint density at radius 3 is 2.84 bits per heavy atom. The standard InChI is InChI=1S/C14H24N4O/c1-10(18(2)3)8-16-13-7-6-12(15)14(17-13)19-9-11-4-5-11/h6-7,10-11H,4-5,8-9,15H2,1-3H3,(H,16,17). The Kier molecular flexibility index (Phi) is 4.47. The van der Waals surface area contributed by atoms with Gasteiger partial charge in [-0.15, -0.1) is 0 Å². The van der Waals surface area contributed by atoms with Gasteiger partial charge in [0.25, 0.3) is 0 Å². The number of hydrogen-bond donors (Lipinski definition) is 2. The highest BCUT2D eigenvalue weighted by Gasteiger charge is 2.22. The Bertz CT molecular complexity index is 418. The minimum Gasteiger partial charge on any atom is -0.476 e. The number of rotatable bonds is 7. The maximum Gasteiger partial charge on any atom is 0.239 e. The minimum absolute atomic E-state index is 0.440. The predicted octanol–water partition coefficient (Wildman–Crippen LogP) is 1.81. The van der Waals surface area contributed by atoms with Crippen LogP contribution >= 0.6 is 0 Å². The van der Waals surface area contributed by atoms with Crippen LogP contribution < -0.4 is 15.8 Å². The van der Waals surface area contributed by atoms with Crippen molar-refractivity contribution in [2.75, 3.05) is 38.3 Å². The van der Waals surface area contributed by atoms with Crippen molar-refractivity contribution in [2.45, 2.75) is 25.8 Å². The third-order valence-electron chi connectivity index (χ3n) is 3.50. The molecule has 1 atom stereocenters. The maximum atomic E-state index is 5.88.